The summed E-state index contributed by atoms with van der Waals surface area (Å²) in [5, 5.41) is 11.8. The van der Waals surface area contributed by atoms with Crippen LogP contribution in [-0.2, 0) is 33.3 Å². The molecule has 0 radical (unpaired) electrons. The number of quaternary nitrogens is 1. The van der Waals surface area contributed by atoms with Crippen LogP contribution < -0.4 is 5.11 Å². The first-order valence-electron chi connectivity index (χ1n) is 31.6. The maximum Gasteiger partial charge on any atom is 0.306 e. The highest BCUT2D eigenvalue weighted by Crippen LogP contribution is 2.13. The fraction of sp³-hybridized carbons (Fsp3) is 0.527. The number of hydrogen-bond donors (Lipinski definition) is 0. The number of carboxylic acid groups (broad SMARTS) is 1. The Bertz CT molecular complexity index is 2060. The Hall–Kier alpha value is -5.87. The quantitative estimate of drug-likeness (QED) is 0.0195. The number of allylic oxidation sites excluding steroid dienone is 32. The van der Waals surface area contributed by atoms with Gasteiger partial charge in [0.15, 0.2) is 12.4 Å². The third-order valence-corrected chi connectivity index (χ3v) is 12.3. The molecule has 0 aromatic heterocycles. The molecule has 2 unspecified atom stereocenters. The van der Waals surface area contributed by atoms with Crippen LogP contribution in [0.25, 0.3) is 0 Å². The second-order valence-corrected chi connectivity index (χ2v) is 21.2. The van der Waals surface area contributed by atoms with Crippen LogP contribution in [0.1, 0.15) is 194 Å². The molecule has 0 aromatic rings. The molecule has 0 heterocycles. The minimum absolute atomic E-state index is 0.125. The maximum absolute atomic E-state index is 12.9. The molecule has 9 heteroatoms. The highest BCUT2D eigenvalue weighted by atomic mass is 16.7. The van der Waals surface area contributed by atoms with Gasteiger partial charge in [0.25, 0.3) is 0 Å². The van der Waals surface area contributed by atoms with Crippen LogP contribution in [0.4, 0.5) is 0 Å². The molecule has 0 aliphatic rings. The molecular weight excluding hydrogens is 1030 g/mol. The van der Waals surface area contributed by atoms with Gasteiger partial charge in [0, 0.05) is 12.8 Å². The van der Waals surface area contributed by atoms with E-state index in [9.17, 15) is 19.5 Å². The minimum Gasteiger partial charge on any atom is -0.545 e. The summed E-state index contributed by atoms with van der Waals surface area (Å²) in [4.78, 5) is 37.3. The number of carboxylic acids is 1. The Labute approximate surface area is 506 Å². The number of carbonyl (C=O) groups excluding carboxylic acids is 3. The van der Waals surface area contributed by atoms with E-state index in [1.807, 2.05) is 21.1 Å². The fourth-order valence-corrected chi connectivity index (χ4v) is 7.57. The van der Waals surface area contributed by atoms with Gasteiger partial charge in [0.05, 0.1) is 40.3 Å². The van der Waals surface area contributed by atoms with E-state index in [0.29, 0.717) is 23.9 Å². The average molecular weight is 1140 g/mol. The molecule has 0 saturated carbocycles. The van der Waals surface area contributed by atoms with E-state index >= 15 is 0 Å². The van der Waals surface area contributed by atoms with E-state index in [1.165, 1.54) is 12.8 Å². The zero-order valence-corrected chi connectivity index (χ0v) is 52.5. The van der Waals surface area contributed by atoms with Crippen LogP contribution >= 0.6 is 0 Å². The first kappa shape index (κ1) is 77.1. The summed E-state index contributed by atoms with van der Waals surface area (Å²) in [6, 6.07) is 0. The number of unbranched alkanes of at least 4 members (excludes halogenated alkanes) is 8. The largest absolute Gasteiger partial charge is 0.545 e. The van der Waals surface area contributed by atoms with Gasteiger partial charge in [-0.25, -0.2) is 0 Å². The van der Waals surface area contributed by atoms with Crippen LogP contribution in [0.3, 0.4) is 0 Å². The predicted molar refractivity (Wildman–Crippen MR) is 351 cm³/mol. The van der Waals surface area contributed by atoms with Crippen LogP contribution in [0.5, 0.6) is 0 Å². The number of ether oxygens (including phenoxy) is 4. The predicted octanol–water partition coefficient (Wildman–Crippen LogP) is 18.1. The molecule has 0 saturated heterocycles. The normalized spacial score (nSPS) is 14.1. The topological polar surface area (TPSA) is 111 Å². The Morgan fingerprint density at radius 1 is 0.361 bits per heavy atom. The van der Waals surface area contributed by atoms with Gasteiger partial charge in [0.1, 0.15) is 13.2 Å². The van der Waals surface area contributed by atoms with Gasteiger partial charge in [-0.15, -0.1) is 0 Å². The number of likely N-dealkylation sites (N-methyl/N-ethyl adjacent to an activating group) is 1. The van der Waals surface area contributed by atoms with Gasteiger partial charge in [0.2, 0.25) is 0 Å². The minimum atomic E-state index is -1.65. The Kier molecular flexibility index (Phi) is 57.8. The smallest absolute Gasteiger partial charge is 0.306 e. The van der Waals surface area contributed by atoms with Crippen molar-refractivity contribution < 1.29 is 42.9 Å². The maximum atomic E-state index is 12.9. The molecule has 0 amide bonds. The molecule has 9 nitrogen and oxygen atoms in total. The second-order valence-electron chi connectivity index (χ2n) is 21.2. The summed E-state index contributed by atoms with van der Waals surface area (Å²) in [6.45, 7) is 4.40. The number of carbonyl (C=O) groups is 3. The summed E-state index contributed by atoms with van der Waals surface area (Å²) < 4.78 is 22.6. The lowest BCUT2D eigenvalue weighted by molar-refractivity contribution is -0.870. The van der Waals surface area contributed by atoms with E-state index in [1.54, 1.807) is 0 Å². The van der Waals surface area contributed by atoms with Crippen molar-refractivity contribution in [2.24, 2.45) is 0 Å². The zero-order valence-electron chi connectivity index (χ0n) is 52.5. The van der Waals surface area contributed by atoms with Crippen molar-refractivity contribution >= 4 is 17.9 Å². The van der Waals surface area contributed by atoms with Crippen LogP contribution in [0.2, 0.25) is 0 Å². The molecule has 83 heavy (non-hydrogen) atoms. The Balaban J connectivity index is 4.26. The van der Waals surface area contributed by atoms with Gasteiger partial charge < -0.3 is 33.3 Å². The lowest BCUT2D eigenvalue weighted by Gasteiger charge is -2.26. The number of nitrogens with zero attached hydrogens (tertiary/aromatic N) is 1. The van der Waals surface area contributed by atoms with Crippen molar-refractivity contribution in [3.05, 3.63) is 194 Å². The van der Waals surface area contributed by atoms with E-state index in [0.717, 1.165) is 141 Å². The van der Waals surface area contributed by atoms with Crippen LogP contribution in [0.15, 0.2) is 194 Å². The average Bonchev–Trinajstić information content (AvgIpc) is 3.46. The number of aliphatic carboxylic acids is 1. The lowest BCUT2D eigenvalue weighted by atomic mass is 10.1. The Morgan fingerprint density at radius 3 is 1.00 bits per heavy atom. The number of hydrogen-bond acceptors (Lipinski definition) is 8. The second kappa shape index (κ2) is 62.2. The third-order valence-electron chi connectivity index (χ3n) is 12.3. The SMILES string of the molecule is CC/C=C\C/C=C\C/C=C\C/C=C\C/C=C\C/C=C\C/C=C\C/C=C\C/C=C\C/C=C\C/C=C\CCCCCCCCCC(=O)OC(COC(=O)CCC/C=C\C/C=C\C/C=C\C/C=C\C/C=C\CC)COC(OCC[N+](C)(C)C)C(=O)[O-]. The van der Waals surface area contributed by atoms with Gasteiger partial charge in [-0.2, -0.15) is 0 Å². The van der Waals surface area contributed by atoms with Crippen LogP contribution in [-0.4, -0.2) is 82.3 Å². The number of rotatable bonds is 55. The van der Waals surface area contributed by atoms with Crippen molar-refractivity contribution in [2.45, 2.75) is 206 Å². The standard InChI is InChI=1S/C74H113NO8/c1-6-8-10-12-14-16-18-20-22-24-25-26-27-28-29-30-31-32-33-34-35-36-37-38-39-40-41-42-43-44-45-46-47-49-51-53-55-57-59-61-63-65-72(77)83-70(69-82-74(73(78)79)80-67-66-75(3,4)5)68-81-71(76)64-62-60-58-56-54-52-50-48-23-21-19-17-15-13-11-9-7-2/h8-11,14-17,20-23,25-26,28-29,31-32,34-35,37-38,40-41,43-44,46-47,50,52,56,58,70,74H,6-7,12-13,18-19,24,27,30,33,36,39,42,45,48-49,51,53-55,57,59-69H2,1-5H3/b10-8-,11-9-,16-14-,17-15-,22-20-,23-21-,26-25-,29-28-,32-31-,35-34-,38-37-,41-40-,44-43-,47-46-,52-50-,58-56-. The fourth-order valence-electron chi connectivity index (χ4n) is 7.57. The van der Waals surface area contributed by atoms with E-state index in [2.05, 4.69) is 208 Å². The molecule has 0 fully saturated rings. The Morgan fingerprint density at radius 2 is 0.663 bits per heavy atom. The summed E-state index contributed by atoms with van der Waals surface area (Å²) >= 11 is 0. The van der Waals surface area contributed by atoms with E-state index in [4.69, 9.17) is 18.9 Å². The monoisotopic (exact) mass is 1140 g/mol. The molecule has 462 valence electrons. The third kappa shape index (κ3) is 63.6. The van der Waals surface area contributed by atoms with E-state index < -0.39 is 30.3 Å². The highest BCUT2D eigenvalue weighted by Gasteiger charge is 2.22. The summed E-state index contributed by atoms with van der Waals surface area (Å²) in [5.41, 5.74) is 0. The zero-order chi connectivity index (χ0) is 60.5. The van der Waals surface area contributed by atoms with Crippen molar-refractivity contribution in [1.29, 1.82) is 0 Å². The first-order valence-corrected chi connectivity index (χ1v) is 31.6. The molecule has 0 spiro atoms. The molecule has 0 rings (SSSR count). The van der Waals surface area contributed by atoms with Gasteiger partial charge in [-0.05, 0) is 135 Å². The molecule has 0 aliphatic heterocycles. The summed E-state index contributed by atoms with van der Waals surface area (Å²) in [7, 11) is 5.88. The highest BCUT2D eigenvalue weighted by molar-refractivity contribution is 5.70. The first-order chi connectivity index (χ1) is 40.6. The summed E-state index contributed by atoms with van der Waals surface area (Å²) in [5.74, 6) is -2.40. The molecule has 0 N–H and O–H groups in total. The number of esters is 2. The van der Waals surface area contributed by atoms with Crippen molar-refractivity contribution in [1.82, 2.24) is 0 Å². The van der Waals surface area contributed by atoms with E-state index in [-0.39, 0.29) is 32.7 Å². The van der Waals surface area contributed by atoms with Crippen LogP contribution in [0, 0.1) is 0 Å². The van der Waals surface area contributed by atoms with Gasteiger partial charge in [-0.3, -0.25) is 9.59 Å². The molecule has 0 aliphatic carbocycles. The summed E-state index contributed by atoms with van der Waals surface area (Å²) in [6.07, 6.45) is 93.6. The molecule has 2 atom stereocenters. The van der Waals surface area contributed by atoms with Crippen molar-refractivity contribution in [2.75, 3.05) is 47.5 Å². The van der Waals surface area contributed by atoms with Gasteiger partial charge in [-0.1, -0.05) is 240 Å². The van der Waals surface area contributed by atoms with Crippen molar-refractivity contribution in [3.8, 4) is 0 Å². The molecule has 0 bridgehead atoms. The molecular formula is C74H113NO8. The lowest BCUT2D eigenvalue weighted by Crippen LogP contribution is -2.44. The van der Waals surface area contributed by atoms with Crippen molar-refractivity contribution in [3.63, 3.8) is 0 Å². The van der Waals surface area contributed by atoms with Gasteiger partial charge >= 0.3 is 11.9 Å². The molecule has 0 aromatic carbocycles.